The van der Waals surface area contributed by atoms with Crippen LogP contribution in [0.25, 0.3) is 11.4 Å². The first-order chi connectivity index (χ1) is 11.4. The van der Waals surface area contributed by atoms with E-state index in [-0.39, 0.29) is 5.82 Å². The van der Waals surface area contributed by atoms with E-state index in [1.165, 1.54) is 0 Å². The van der Waals surface area contributed by atoms with Crippen molar-refractivity contribution < 1.29 is 14.5 Å². The molecular formula is C20H20N2O2. The molecule has 0 amide bonds. The Kier molecular flexibility index (Phi) is 3.97. The van der Waals surface area contributed by atoms with Crippen LogP contribution < -0.4 is 9.67 Å². The fourth-order valence-corrected chi connectivity index (χ4v) is 3.32. The maximum Gasteiger partial charge on any atom is 0.315 e. The molecule has 4 heteroatoms. The molecule has 0 aliphatic rings. The minimum Gasteiger partial charge on any atom is -0.538 e. The first-order valence-corrected chi connectivity index (χ1v) is 7.89. The molecule has 0 aliphatic heterocycles. The minimum atomic E-state index is -1.20. The Bertz CT molecular complexity index is 829. The summed E-state index contributed by atoms with van der Waals surface area (Å²) >= 11 is 0. The van der Waals surface area contributed by atoms with E-state index in [0.29, 0.717) is 0 Å². The SMILES string of the molecule is Cc1cccc(C)c1-n1cc[n+](-c2c(C)cccc2C)c1C(=O)[O-]. The molecule has 0 saturated heterocycles. The Labute approximate surface area is 141 Å². The minimum absolute atomic E-state index is 0.116. The quantitative estimate of drug-likeness (QED) is 0.696. The van der Waals surface area contributed by atoms with Crippen LogP contribution in [0.15, 0.2) is 48.8 Å². The van der Waals surface area contributed by atoms with Gasteiger partial charge < -0.3 is 9.90 Å². The second-order valence-electron chi connectivity index (χ2n) is 6.13. The molecule has 0 radical (unpaired) electrons. The molecule has 1 heterocycles. The number of benzene rings is 2. The van der Waals surface area contributed by atoms with Crippen LogP contribution in [0.5, 0.6) is 0 Å². The summed E-state index contributed by atoms with van der Waals surface area (Å²) in [6.45, 7) is 7.91. The predicted octanol–water partition coefficient (Wildman–Crippen LogP) is 2.35. The molecule has 4 nitrogen and oxygen atoms in total. The van der Waals surface area contributed by atoms with Gasteiger partial charge in [-0.1, -0.05) is 36.4 Å². The van der Waals surface area contributed by atoms with Gasteiger partial charge in [0.25, 0.3) is 0 Å². The topological polar surface area (TPSA) is 48.9 Å². The number of hydrogen-bond acceptors (Lipinski definition) is 2. The van der Waals surface area contributed by atoms with Crippen LogP contribution in [-0.2, 0) is 0 Å². The van der Waals surface area contributed by atoms with Gasteiger partial charge in [0.15, 0.2) is 5.97 Å². The molecule has 24 heavy (non-hydrogen) atoms. The normalized spacial score (nSPS) is 10.8. The van der Waals surface area contributed by atoms with Crippen molar-refractivity contribution >= 4 is 5.97 Å². The van der Waals surface area contributed by atoms with E-state index in [1.54, 1.807) is 21.5 Å². The van der Waals surface area contributed by atoms with Gasteiger partial charge >= 0.3 is 5.82 Å². The first-order valence-electron chi connectivity index (χ1n) is 7.89. The molecule has 2 aromatic carbocycles. The Balaban J connectivity index is 2.34. The van der Waals surface area contributed by atoms with Crippen LogP contribution in [-0.4, -0.2) is 10.5 Å². The second kappa shape index (κ2) is 5.96. The van der Waals surface area contributed by atoms with Gasteiger partial charge in [-0.3, -0.25) is 0 Å². The fourth-order valence-electron chi connectivity index (χ4n) is 3.32. The van der Waals surface area contributed by atoms with Gasteiger partial charge in [0.2, 0.25) is 0 Å². The first kappa shape index (κ1) is 16.0. The van der Waals surface area contributed by atoms with Crippen molar-refractivity contribution in [1.29, 1.82) is 0 Å². The Morgan fingerprint density at radius 1 is 0.917 bits per heavy atom. The van der Waals surface area contributed by atoms with Gasteiger partial charge in [-0.25, -0.2) is 0 Å². The number of imidazole rings is 1. The van der Waals surface area contributed by atoms with Gasteiger partial charge in [-0.2, -0.15) is 9.13 Å². The van der Waals surface area contributed by atoms with Crippen molar-refractivity contribution in [2.24, 2.45) is 0 Å². The summed E-state index contributed by atoms with van der Waals surface area (Å²) in [5, 5.41) is 11.9. The van der Waals surface area contributed by atoms with Crippen molar-refractivity contribution in [3.63, 3.8) is 0 Å². The summed E-state index contributed by atoms with van der Waals surface area (Å²) < 4.78 is 3.40. The van der Waals surface area contributed by atoms with Gasteiger partial charge in [-0.05, 0) is 49.9 Å². The monoisotopic (exact) mass is 320 g/mol. The Morgan fingerprint density at radius 3 is 1.92 bits per heavy atom. The maximum atomic E-state index is 11.9. The number of hydrogen-bond donors (Lipinski definition) is 0. The summed E-state index contributed by atoms with van der Waals surface area (Å²) in [6.07, 6.45) is 3.57. The van der Waals surface area contributed by atoms with Crippen molar-refractivity contribution in [3.8, 4) is 11.4 Å². The summed E-state index contributed by atoms with van der Waals surface area (Å²) in [4.78, 5) is 11.9. The highest BCUT2D eigenvalue weighted by molar-refractivity contribution is 5.81. The molecule has 0 spiro atoms. The summed E-state index contributed by atoms with van der Waals surface area (Å²) in [5.41, 5.74) is 5.82. The van der Waals surface area contributed by atoms with Crippen LogP contribution in [0.4, 0.5) is 0 Å². The molecular weight excluding hydrogens is 300 g/mol. The van der Waals surface area contributed by atoms with Gasteiger partial charge in [0.1, 0.15) is 23.8 Å². The number of para-hydroxylation sites is 2. The Morgan fingerprint density at radius 2 is 1.42 bits per heavy atom. The number of carbonyl (C=O) groups is 1. The largest absolute Gasteiger partial charge is 0.538 e. The number of carboxylic acid groups (broad SMARTS) is 1. The van der Waals surface area contributed by atoms with E-state index >= 15 is 0 Å². The highest BCUT2D eigenvalue weighted by Crippen LogP contribution is 2.21. The van der Waals surface area contributed by atoms with Crippen molar-refractivity contribution in [3.05, 3.63) is 76.9 Å². The van der Waals surface area contributed by atoms with Crippen LogP contribution in [0, 0.1) is 27.7 Å². The highest BCUT2D eigenvalue weighted by Gasteiger charge is 2.25. The van der Waals surface area contributed by atoms with Crippen LogP contribution in [0.1, 0.15) is 32.9 Å². The molecule has 0 aliphatic carbocycles. The van der Waals surface area contributed by atoms with Gasteiger partial charge in [-0.15, -0.1) is 0 Å². The molecule has 0 saturated carbocycles. The Hall–Kier alpha value is -2.88. The van der Waals surface area contributed by atoms with Gasteiger partial charge in [0, 0.05) is 0 Å². The molecule has 1 aromatic heterocycles. The molecule has 0 N–H and O–H groups in total. The van der Waals surface area contributed by atoms with E-state index in [1.807, 2.05) is 64.1 Å². The predicted molar refractivity (Wildman–Crippen MR) is 90.6 cm³/mol. The lowest BCUT2D eigenvalue weighted by atomic mass is 10.1. The smallest absolute Gasteiger partial charge is 0.315 e. The molecule has 3 aromatic rings. The zero-order chi connectivity index (χ0) is 17.4. The standard InChI is InChI=1S/C20H20N2O2/c1-13-7-5-8-14(2)17(13)21-11-12-22(19(21)20(23)24)18-15(3)9-6-10-16(18)4/h5-12H,1-4H3. The number of aromatic nitrogens is 2. The van der Waals surface area contributed by atoms with E-state index in [0.717, 1.165) is 33.6 Å². The number of carboxylic acids is 1. The molecule has 3 rings (SSSR count). The van der Waals surface area contributed by atoms with Crippen molar-refractivity contribution in [1.82, 2.24) is 4.57 Å². The molecule has 0 bridgehead atoms. The molecule has 0 fully saturated rings. The van der Waals surface area contributed by atoms with Crippen molar-refractivity contribution in [2.45, 2.75) is 27.7 Å². The average Bonchev–Trinajstić information content (AvgIpc) is 2.91. The third-order valence-corrected chi connectivity index (χ3v) is 4.36. The number of aromatic carboxylic acids is 1. The lowest BCUT2D eigenvalue weighted by Gasteiger charge is -2.11. The van der Waals surface area contributed by atoms with E-state index in [9.17, 15) is 9.90 Å². The zero-order valence-corrected chi connectivity index (χ0v) is 14.3. The third kappa shape index (κ3) is 2.50. The van der Waals surface area contributed by atoms with Crippen molar-refractivity contribution in [2.75, 3.05) is 0 Å². The third-order valence-electron chi connectivity index (χ3n) is 4.36. The second-order valence-corrected chi connectivity index (χ2v) is 6.13. The van der Waals surface area contributed by atoms with Gasteiger partial charge in [0.05, 0.1) is 0 Å². The number of carbonyl (C=O) groups excluding carboxylic acids is 1. The summed E-state index contributed by atoms with van der Waals surface area (Å²) in [6, 6.07) is 11.8. The fraction of sp³-hybridized carbons (Fsp3) is 0.200. The summed E-state index contributed by atoms with van der Waals surface area (Å²) in [5.74, 6) is -1.09. The summed E-state index contributed by atoms with van der Waals surface area (Å²) in [7, 11) is 0. The number of nitrogens with zero attached hydrogens (tertiary/aromatic N) is 2. The van der Waals surface area contributed by atoms with Crippen LogP contribution in [0.2, 0.25) is 0 Å². The highest BCUT2D eigenvalue weighted by atomic mass is 16.4. The molecule has 0 atom stereocenters. The maximum absolute atomic E-state index is 11.9. The van der Waals surface area contributed by atoms with E-state index < -0.39 is 5.97 Å². The zero-order valence-electron chi connectivity index (χ0n) is 14.3. The average molecular weight is 320 g/mol. The van der Waals surface area contributed by atoms with Crippen LogP contribution >= 0.6 is 0 Å². The number of rotatable bonds is 3. The van der Waals surface area contributed by atoms with E-state index in [4.69, 9.17) is 0 Å². The van der Waals surface area contributed by atoms with E-state index in [2.05, 4.69) is 0 Å². The lowest BCUT2D eigenvalue weighted by Crippen LogP contribution is -2.43. The lowest BCUT2D eigenvalue weighted by molar-refractivity contribution is -0.601. The molecule has 0 unspecified atom stereocenters. The number of aryl methyl sites for hydroxylation is 4. The van der Waals surface area contributed by atoms with Crippen LogP contribution in [0.3, 0.4) is 0 Å². The molecule has 122 valence electrons.